The minimum Gasteiger partial charge on any atom is -0.352 e. The normalized spacial score (nSPS) is 22.6. The minimum absolute atomic E-state index is 0.0838. The van der Waals surface area contributed by atoms with Gasteiger partial charge in [-0.3, -0.25) is 4.79 Å². The second-order valence-corrected chi connectivity index (χ2v) is 3.68. The van der Waals surface area contributed by atoms with Crippen LogP contribution in [0.4, 0.5) is 13.2 Å². The van der Waals surface area contributed by atoms with Crippen molar-refractivity contribution in [2.24, 2.45) is 5.92 Å². The Morgan fingerprint density at radius 2 is 2.31 bits per heavy atom. The Hall–Kier alpha value is -1.29. The first-order valence-electron chi connectivity index (χ1n) is 4.90. The van der Waals surface area contributed by atoms with Gasteiger partial charge in [0.15, 0.2) is 5.92 Å². The van der Waals surface area contributed by atoms with Crippen LogP contribution < -0.4 is 10.6 Å². The summed E-state index contributed by atoms with van der Waals surface area (Å²) in [5, 5.41) is 13.5. The van der Waals surface area contributed by atoms with Gasteiger partial charge in [-0.1, -0.05) is 0 Å². The Kier molecular flexibility index (Phi) is 4.12. The molecule has 1 fully saturated rings. The molecular weight excluding hydrogens is 223 g/mol. The van der Waals surface area contributed by atoms with Crippen molar-refractivity contribution < 1.29 is 18.0 Å². The van der Waals surface area contributed by atoms with Crippen LogP contribution in [-0.4, -0.2) is 31.2 Å². The minimum atomic E-state index is -4.50. The summed E-state index contributed by atoms with van der Waals surface area (Å²) in [4.78, 5) is 10.8. The van der Waals surface area contributed by atoms with Crippen LogP contribution in [0.5, 0.6) is 0 Å². The predicted molar refractivity (Wildman–Crippen MR) is 49.2 cm³/mol. The van der Waals surface area contributed by atoms with Gasteiger partial charge >= 0.3 is 6.18 Å². The Morgan fingerprint density at radius 1 is 1.62 bits per heavy atom. The van der Waals surface area contributed by atoms with E-state index in [2.05, 4.69) is 10.6 Å². The fraction of sp³-hybridized carbons (Fsp3) is 0.778. The molecule has 2 N–H and O–H groups in total. The highest BCUT2D eigenvalue weighted by molar-refractivity contribution is 5.78. The fourth-order valence-corrected chi connectivity index (χ4v) is 1.47. The van der Waals surface area contributed by atoms with Crippen molar-refractivity contribution in [3.05, 3.63) is 0 Å². The van der Waals surface area contributed by atoms with Crippen molar-refractivity contribution in [3.63, 3.8) is 0 Å². The highest BCUT2D eigenvalue weighted by Gasteiger charge is 2.39. The molecule has 4 nitrogen and oxygen atoms in total. The van der Waals surface area contributed by atoms with E-state index in [1.807, 2.05) is 0 Å². The number of alkyl halides is 3. The standard InChI is InChI=1S/C9H12F3N3O/c10-9(11,12)6(3-13)4-14-5-7-1-2-8(16)15-7/h6-7,14H,1-2,4-5H2,(H,15,16). The van der Waals surface area contributed by atoms with Crippen LogP contribution in [0, 0.1) is 17.2 Å². The quantitative estimate of drug-likeness (QED) is 0.748. The second-order valence-electron chi connectivity index (χ2n) is 3.68. The molecule has 1 heterocycles. The van der Waals surface area contributed by atoms with Crippen LogP contribution >= 0.6 is 0 Å². The first kappa shape index (κ1) is 12.8. The summed E-state index contributed by atoms with van der Waals surface area (Å²) in [6.45, 7) is -0.174. The first-order valence-corrected chi connectivity index (χ1v) is 4.90. The molecule has 0 aromatic heterocycles. The molecule has 90 valence electrons. The van der Waals surface area contributed by atoms with Gasteiger partial charge in [0, 0.05) is 25.6 Å². The van der Waals surface area contributed by atoms with Crippen molar-refractivity contribution in [1.82, 2.24) is 10.6 Å². The van der Waals surface area contributed by atoms with Crippen LogP contribution in [0.2, 0.25) is 0 Å². The molecule has 0 bridgehead atoms. The number of carbonyl (C=O) groups excluding carboxylic acids is 1. The van der Waals surface area contributed by atoms with Crippen LogP contribution in [0.25, 0.3) is 0 Å². The number of halogens is 3. The fourth-order valence-electron chi connectivity index (χ4n) is 1.47. The van der Waals surface area contributed by atoms with Gasteiger partial charge in [-0.15, -0.1) is 0 Å². The zero-order valence-electron chi connectivity index (χ0n) is 8.47. The Balaban J connectivity index is 2.24. The van der Waals surface area contributed by atoms with Crippen LogP contribution in [0.1, 0.15) is 12.8 Å². The number of nitrogens with one attached hydrogen (secondary N) is 2. The highest BCUT2D eigenvalue weighted by atomic mass is 19.4. The molecule has 0 aliphatic carbocycles. The number of hydrogen-bond acceptors (Lipinski definition) is 3. The number of amides is 1. The summed E-state index contributed by atoms with van der Waals surface area (Å²) < 4.78 is 36.5. The van der Waals surface area contributed by atoms with Crippen LogP contribution in [0.15, 0.2) is 0 Å². The van der Waals surface area contributed by atoms with Crippen molar-refractivity contribution >= 4 is 5.91 Å². The second kappa shape index (κ2) is 5.16. The van der Waals surface area contributed by atoms with E-state index in [9.17, 15) is 18.0 Å². The molecule has 0 aromatic rings. The number of nitrogens with zero attached hydrogens (tertiary/aromatic N) is 1. The maximum absolute atomic E-state index is 12.2. The van der Waals surface area contributed by atoms with E-state index in [0.29, 0.717) is 12.8 Å². The van der Waals surface area contributed by atoms with Crippen molar-refractivity contribution in [2.75, 3.05) is 13.1 Å². The van der Waals surface area contributed by atoms with Gasteiger partial charge in [0.2, 0.25) is 5.91 Å². The molecule has 7 heteroatoms. The van der Waals surface area contributed by atoms with Crippen LogP contribution in [-0.2, 0) is 4.79 Å². The third-order valence-electron chi connectivity index (χ3n) is 2.38. The Morgan fingerprint density at radius 3 is 2.75 bits per heavy atom. The third kappa shape index (κ3) is 3.70. The van der Waals surface area contributed by atoms with Crippen molar-refractivity contribution in [2.45, 2.75) is 25.1 Å². The highest BCUT2D eigenvalue weighted by Crippen LogP contribution is 2.24. The lowest BCUT2D eigenvalue weighted by Crippen LogP contribution is -2.40. The monoisotopic (exact) mass is 235 g/mol. The lowest BCUT2D eigenvalue weighted by atomic mass is 10.1. The summed E-state index contributed by atoms with van der Waals surface area (Å²) in [6, 6.07) is 1.08. The lowest BCUT2D eigenvalue weighted by molar-refractivity contribution is -0.157. The summed E-state index contributed by atoms with van der Waals surface area (Å²) >= 11 is 0. The van der Waals surface area contributed by atoms with Gasteiger partial charge in [-0.05, 0) is 6.42 Å². The summed E-state index contributed by atoms with van der Waals surface area (Å²) in [5.41, 5.74) is 0. The SMILES string of the molecule is N#CC(CNCC1CCC(=O)N1)C(F)(F)F. The average molecular weight is 235 g/mol. The number of rotatable bonds is 4. The largest absolute Gasteiger partial charge is 0.405 e. The number of carbonyl (C=O) groups is 1. The average Bonchev–Trinajstić information content (AvgIpc) is 2.57. The molecule has 16 heavy (non-hydrogen) atoms. The number of hydrogen-bond donors (Lipinski definition) is 2. The molecular formula is C9H12F3N3O. The zero-order valence-corrected chi connectivity index (χ0v) is 8.47. The molecule has 0 saturated carbocycles. The molecule has 1 rings (SSSR count). The molecule has 1 amide bonds. The van der Waals surface area contributed by atoms with Gasteiger partial charge in [0.1, 0.15) is 0 Å². The third-order valence-corrected chi connectivity index (χ3v) is 2.38. The predicted octanol–water partition coefficient (Wildman–Crippen LogP) is 0.557. The van der Waals surface area contributed by atoms with Gasteiger partial charge in [-0.25, -0.2) is 0 Å². The van der Waals surface area contributed by atoms with E-state index in [-0.39, 0.29) is 18.5 Å². The van der Waals surface area contributed by atoms with Gasteiger partial charge in [0.25, 0.3) is 0 Å². The molecule has 0 spiro atoms. The lowest BCUT2D eigenvalue weighted by Gasteiger charge is -2.16. The molecule has 1 aliphatic rings. The molecule has 1 aliphatic heterocycles. The summed E-state index contributed by atoms with van der Waals surface area (Å²) in [5.74, 6) is -2.08. The summed E-state index contributed by atoms with van der Waals surface area (Å²) in [6.07, 6.45) is -3.47. The molecule has 2 atom stereocenters. The Labute approximate surface area is 90.8 Å². The maximum Gasteiger partial charge on any atom is 0.405 e. The van der Waals surface area contributed by atoms with Gasteiger partial charge < -0.3 is 10.6 Å². The van der Waals surface area contributed by atoms with E-state index in [1.54, 1.807) is 0 Å². The summed E-state index contributed by atoms with van der Waals surface area (Å²) in [7, 11) is 0. The van der Waals surface area contributed by atoms with E-state index < -0.39 is 18.6 Å². The smallest absolute Gasteiger partial charge is 0.352 e. The maximum atomic E-state index is 12.2. The van der Waals surface area contributed by atoms with Gasteiger partial charge in [0.05, 0.1) is 6.07 Å². The first-order chi connectivity index (χ1) is 7.43. The van der Waals surface area contributed by atoms with E-state index in [4.69, 9.17) is 5.26 Å². The van der Waals surface area contributed by atoms with Crippen LogP contribution in [0.3, 0.4) is 0 Å². The van der Waals surface area contributed by atoms with Crippen molar-refractivity contribution in [3.8, 4) is 6.07 Å². The topological polar surface area (TPSA) is 64.9 Å². The zero-order chi connectivity index (χ0) is 12.2. The van der Waals surface area contributed by atoms with Gasteiger partial charge in [-0.2, -0.15) is 18.4 Å². The number of nitriles is 1. The van der Waals surface area contributed by atoms with E-state index >= 15 is 0 Å². The Bertz CT molecular complexity index is 297. The van der Waals surface area contributed by atoms with Crippen molar-refractivity contribution in [1.29, 1.82) is 5.26 Å². The molecule has 0 aromatic carbocycles. The molecule has 2 unspecified atom stereocenters. The van der Waals surface area contributed by atoms with E-state index in [0.717, 1.165) is 0 Å². The molecule has 1 saturated heterocycles. The molecule has 0 radical (unpaired) electrons. The van der Waals surface area contributed by atoms with E-state index in [1.165, 1.54) is 6.07 Å².